The van der Waals surface area contributed by atoms with Gasteiger partial charge in [-0.25, -0.2) is 4.98 Å². The van der Waals surface area contributed by atoms with Crippen molar-refractivity contribution in [1.29, 1.82) is 0 Å². The first-order chi connectivity index (χ1) is 15.7. The molecule has 0 atom stereocenters. The molecule has 0 unspecified atom stereocenters. The fraction of sp³-hybridized carbons (Fsp3) is 0.130. The molecule has 2 aromatic carbocycles. The van der Waals surface area contributed by atoms with Crippen molar-refractivity contribution >= 4 is 56.8 Å². The molecule has 0 aliphatic carbocycles. The Kier molecular flexibility index (Phi) is 6.29. The van der Waals surface area contributed by atoms with Gasteiger partial charge in [0.1, 0.15) is 0 Å². The smallest absolute Gasteiger partial charge is 0.227 e. The fourth-order valence-corrected chi connectivity index (χ4v) is 5.64. The average molecular weight is 479 g/mol. The number of thioether (sulfide) groups is 1. The summed E-state index contributed by atoms with van der Waals surface area (Å²) >= 11 is 4.87. The molecule has 5 rings (SSSR count). The molecule has 0 saturated carbocycles. The Labute approximate surface area is 196 Å². The Morgan fingerprint density at radius 1 is 1.03 bits per heavy atom. The number of benzene rings is 2. The second kappa shape index (κ2) is 9.64. The number of carbonyl (C=O) groups is 1. The van der Waals surface area contributed by atoms with E-state index in [0.29, 0.717) is 23.9 Å². The predicted octanol–water partition coefficient (Wildman–Crippen LogP) is 6.27. The Bertz CT molecular complexity index is 1340. The molecule has 3 aromatic heterocycles. The minimum atomic E-state index is -0.0839. The molecule has 6 nitrogen and oxygen atoms in total. The third-order valence-corrected chi connectivity index (χ3v) is 7.63. The van der Waals surface area contributed by atoms with Crippen LogP contribution in [0.25, 0.3) is 21.3 Å². The lowest BCUT2D eigenvalue weighted by molar-refractivity contribution is -0.116. The minimum absolute atomic E-state index is 0.0839. The number of thiophene rings is 1. The summed E-state index contributed by atoms with van der Waals surface area (Å²) in [4.78, 5) is 22.7. The summed E-state index contributed by atoms with van der Waals surface area (Å²) in [6, 6.07) is 17.9. The van der Waals surface area contributed by atoms with Crippen molar-refractivity contribution in [3.63, 3.8) is 0 Å². The summed E-state index contributed by atoms with van der Waals surface area (Å²) < 4.78 is 6.29. The first-order valence-corrected chi connectivity index (χ1v) is 12.7. The van der Waals surface area contributed by atoms with Crippen molar-refractivity contribution in [3.05, 3.63) is 77.1 Å². The van der Waals surface area contributed by atoms with Gasteiger partial charge in [0.15, 0.2) is 10.2 Å². The molecule has 9 heteroatoms. The summed E-state index contributed by atoms with van der Waals surface area (Å²) in [5.74, 6) is 1.56. The summed E-state index contributed by atoms with van der Waals surface area (Å²) in [5, 5.41) is 13.2. The van der Waals surface area contributed by atoms with Crippen LogP contribution in [0.5, 0.6) is 0 Å². The topological polar surface area (TPSA) is 80.9 Å². The second-order valence-corrected chi connectivity index (χ2v) is 9.97. The summed E-state index contributed by atoms with van der Waals surface area (Å²) in [5.41, 5.74) is 1.81. The Morgan fingerprint density at radius 3 is 2.84 bits per heavy atom. The van der Waals surface area contributed by atoms with Crippen LogP contribution >= 0.6 is 34.4 Å². The molecule has 0 spiro atoms. The normalized spacial score (nSPS) is 11.1. The maximum Gasteiger partial charge on any atom is 0.227 e. The lowest BCUT2D eigenvalue weighted by Crippen LogP contribution is -2.12. The molecule has 1 amide bonds. The van der Waals surface area contributed by atoms with E-state index in [0.717, 1.165) is 31.4 Å². The zero-order chi connectivity index (χ0) is 21.8. The largest absolute Gasteiger partial charge is 0.339 e. The van der Waals surface area contributed by atoms with E-state index in [4.69, 9.17) is 4.52 Å². The lowest BCUT2D eigenvalue weighted by atomic mass is 10.1. The fourth-order valence-electron chi connectivity index (χ4n) is 3.21. The van der Waals surface area contributed by atoms with Crippen molar-refractivity contribution in [2.24, 2.45) is 0 Å². The molecule has 32 heavy (non-hydrogen) atoms. The molecule has 0 aliphatic heterocycles. The van der Waals surface area contributed by atoms with Gasteiger partial charge in [-0.15, -0.1) is 22.7 Å². The number of fused-ring (bicyclic) bond motifs is 1. The highest BCUT2D eigenvalue weighted by atomic mass is 32.2. The zero-order valence-electron chi connectivity index (χ0n) is 16.9. The van der Waals surface area contributed by atoms with Crippen LogP contribution in [0.1, 0.15) is 18.1 Å². The average Bonchev–Trinajstić information content (AvgIpc) is 3.58. The standard InChI is InChI=1S/C23H18N4O2S3/c28-21(24-17-8-3-6-15-5-1-2-7-16(15)17)10-11-22-26-20(27-29-22)14-32-23-25-18(13-31-23)19-9-4-12-30-19/h1-9,12-13H,10-11,14H2,(H,24,28). The molecule has 0 radical (unpaired) electrons. The van der Waals surface area contributed by atoms with E-state index in [9.17, 15) is 4.79 Å². The van der Waals surface area contributed by atoms with Crippen molar-refractivity contribution in [1.82, 2.24) is 15.1 Å². The van der Waals surface area contributed by atoms with E-state index < -0.39 is 0 Å². The second-order valence-electron chi connectivity index (χ2n) is 6.94. The van der Waals surface area contributed by atoms with E-state index in [-0.39, 0.29) is 12.3 Å². The van der Waals surface area contributed by atoms with Gasteiger partial charge in [-0.3, -0.25) is 4.79 Å². The molecule has 1 N–H and O–H groups in total. The van der Waals surface area contributed by atoms with Crippen LogP contribution in [0.15, 0.2) is 74.2 Å². The van der Waals surface area contributed by atoms with Crippen LogP contribution in [0.3, 0.4) is 0 Å². The van der Waals surface area contributed by atoms with Crippen molar-refractivity contribution < 1.29 is 9.32 Å². The monoisotopic (exact) mass is 478 g/mol. The van der Waals surface area contributed by atoms with Gasteiger partial charge >= 0.3 is 0 Å². The number of thiazole rings is 1. The molecule has 3 heterocycles. The number of aryl methyl sites for hydroxylation is 1. The number of rotatable bonds is 8. The van der Waals surface area contributed by atoms with E-state index in [1.54, 1.807) is 34.4 Å². The van der Waals surface area contributed by atoms with Crippen LogP contribution in [-0.4, -0.2) is 21.0 Å². The zero-order valence-corrected chi connectivity index (χ0v) is 19.3. The minimum Gasteiger partial charge on any atom is -0.339 e. The quantitative estimate of drug-likeness (QED) is 0.265. The van der Waals surface area contributed by atoms with Gasteiger partial charge in [0.05, 0.1) is 16.3 Å². The van der Waals surface area contributed by atoms with Crippen molar-refractivity contribution in [2.45, 2.75) is 22.9 Å². The molecular weight excluding hydrogens is 460 g/mol. The van der Waals surface area contributed by atoms with Gasteiger partial charge in [-0.1, -0.05) is 59.4 Å². The molecule has 0 saturated heterocycles. The Hall–Kier alpha value is -3.01. The van der Waals surface area contributed by atoms with Gasteiger partial charge in [-0.2, -0.15) is 4.98 Å². The number of hydrogen-bond acceptors (Lipinski definition) is 8. The maximum absolute atomic E-state index is 12.4. The summed E-state index contributed by atoms with van der Waals surface area (Å²) in [6.45, 7) is 0. The number of hydrogen-bond donors (Lipinski definition) is 1. The van der Waals surface area contributed by atoms with Gasteiger partial charge in [0, 0.05) is 29.3 Å². The molecule has 160 valence electrons. The lowest BCUT2D eigenvalue weighted by Gasteiger charge is -2.08. The summed E-state index contributed by atoms with van der Waals surface area (Å²) in [6.07, 6.45) is 0.669. The Balaban J connectivity index is 1.13. The van der Waals surface area contributed by atoms with E-state index in [1.165, 1.54) is 0 Å². The number of anilines is 1. The molecule has 0 bridgehead atoms. The van der Waals surface area contributed by atoms with Gasteiger partial charge < -0.3 is 9.84 Å². The molecule has 0 fully saturated rings. The van der Waals surface area contributed by atoms with Crippen molar-refractivity contribution in [3.8, 4) is 10.6 Å². The number of nitrogens with zero attached hydrogens (tertiary/aromatic N) is 3. The number of aromatic nitrogens is 3. The number of amides is 1. The van der Waals surface area contributed by atoms with Gasteiger partial charge in [0.25, 0.3) is 0 Å². The highest BCUT2D eigenvalue weighted by molar-refractivity contribution is 8.00. The molecule has 0 aliphatic rings. The molecule has 5 aromatic rings. The highest BCUT2D eigenvalue weighted by Gasteiger charge is 2.12. The molecular formula is C23H18N4O2S3. The van der Waals surface area contributed by atoms with E-state index in [2.05, 4.69) is 31.9 Å². The first kappa shape index (κ1) is 20.9. The maximum atomic E-state index is 12.4. The van der Waals surface area contributed by atoms with E-state index in [1.807, 2.05) is 53.9 Å². The van der Waals surface area contributed by atoms with Crippen LogP contribution in [0, 0.1) is 0 Å². The first-order valence-electron chi connectivity index (χ1n) is 9.96. The van der Waals surface area contributed by atoms with Gasteiger partial charge in [0.2, 0.25) is 11.8 Å². The third kappa shape index (κ3) is 4.90. The van der Waals surface area contributed by atoms with Crippen LogP contribution < -0.4 is 5.32 Å². The van der Waals surface area contributed by atoms with Crippen LogP contribution in [-0.2, 0) is 17.0 Å². The van der Waals surface area contributed by atoms with E-state index >= 15 is 0 Å². The van der Waals surface area contributed by atoms with Crippen molar-refractivity contribution in [2.75, 3.05) is 5.32 Å². The number of carbonyl (C=O) groups excluding carboxylic acids is 1. The highest BCUT2D eigenvalue weighted by Crippen LogP contribution is 2.31. The Morgan fingerprint density at radius 2 is 1.94 bits per heavy atom. The third-order valence-electron chi connectivity index (χ3n) is 4.72. The van der Waals surface area contributed by atoms with Gasteiger partial charge in [-0.05, 0) is 22.9 Å². The SMILES string of the molecule is O=C(CCc1nc(CSc2nc(-c3cccs3)cs2)no1)Nc1cccc2ccccc12. The predicted molar refractivity (Wildman–Crippen MR) is 130 cm³/mol. The van der Waals surface area contributed by atoms with Crippen LogP contribution in [0.2, 0.25) is 0 Å². The number of nitrogens with one attached hydrogen (secondary N) is 1. The van der Waals surface area contributed by atoms with Crippen LogP contribution in [0.4, 0.5) is 5.69 Å². The summed E-state index contributed by atoms with van der Waals surface area (Å²) in [7, 11) is 0.